The van der Waals surface area contributed by atoms with Gasteiger partial charge >= 0.3 is 0 Å². The summed E-state index contributed by atoms with van der Waals surface area (Å²) >= 11 is 5.08. The Balaban J connectivity index is 1.74. The minimum atomic E-state index is 0.404. The van der Waals surface area contributed by atoms with E-state index in [0.717, 1.165) is 48.7 Å². The zero-order chi connectivity index (χ0) is 12.1. The molecule has 1 fully saturated rings. The van der Waals surface area contributed by atoms with Gasteiger partial charge in [-0.3, -0.25) is 0 Å². The molecular formula is C11H18BrN3OS. The highest BCUT2D eigenvalue weighted by Gasteiger charge is 2.21. The number of ether oxygens (including phenoxy) is 1. The van der Waals surface area contributed by atoms with Gasteiger partial charge in [0.1, 0.15) is 4.60 Å². The molecule has 1 aliphatic heterocycles. The van der Waals surface area contributed by atoms with Gasteiger partial charge in [0.25, 0.3) is 0 Å². The van der Waals surface area contributed by atoms with Gasteiger partial charge in [0.2, 0.25) is 0 Å². The molecule has 1 aliphatic rings. The van der Waals surface area contributed by atoms with Gasteiger partial charge in [0.15, 0.2) is 5.13 Å². The number of thiazole rings is 1. The van der Waals surface area contributed by atoms with Crippen molar-refractivity contribution in [3.63, 3.8) is 0 Å². The molecule has 0 bridgehead atoms. The molecule has 0 aromatic carbocycles. The highest BCUT2D eigenvalue weighted by molar-refractivity contribution is 9.10. The number of hydrogen-bond acceptors (Lipinski definition) is 5. The van der Waals surface area contributed by atoms with Crippen LogP contribution in [0.2, 0.25) is 0 Å². The zero-order valence-corrected chi connectivity index (χ0v) is 12.2. The maximum absolute atomic E-state index is 5.78. The molecule has 0 atom stereocenters. The highest BCUT2D eigenvalue weighted by Crippen LogP contribution is 2.26. The summed E-state index contributed by atoms with van der Waals surface area (Å²) in [7, 11) is 0. The third-order valence-corrected chi connectivity index (χ3v) is 4.49. The number of anilines is 1. The highest BCUT2D eigenvalue weighted by atomic mass is 79.9. The van der Waals surface area contributed by atoms with E-state index < -0.39 is 0 Å². The molecule has 0 radical (unpaired) electrons. The van der Waals surface area contributed by atoms with Crippen molar-refractivity contribution in [3.05, 3.63) is 9.98 Å². The van der Waals surface area contributed by atoms with Crippen molar-refractivity contribution in [1.82, 2.24) is 4.98 Å². The average Bonchev–Trinajstić information content (AvgIpc) is 2.77. The Kier molecular flexibility index (Phi) is 5.21. The smallest absolute Gasteiger partial charge is 0.186 e. The summed E-state index contributed by atoms with van der Waals surface area (Å²) in [5.41, 5.74) is 5.44. The molecule has 0 amide bonds. The summed E-state index contributed by atoms with van der Waals surface area (Å²) in [5.74, 6) is 0. The molecule has 1 aromatic heterocycles. The van der Waals surface area contributed by atoms with Crippen LogP contribution in [0.15, 0.2) is 9.98 Å². The molecule has 0 saturated carbocycles. The Bertz CT molecular complexity index is 339. The molecule has 0 unspecified atom stereocenters. The third kappa shape index (κ3) is 3.91. The van der Waals surface area contributed by atoms with E-state index in [4.69, 9.17) is 10.5 Å². The number of nitrogens with two attached hydrogens (primary N) is 1. The third-order valence-electron chi connectivity index (χ3n) is 2.88. The van der Waals surface area contributed by atoms with Crippen LogP contribution < -0.4 is 10.6 Å². The molecule has 17 heavy (non-hydrogen) atoms. The first kappa shape index (κ1) is 13.3. The van der Waals surface area contributed by atoms with E-state index in [1.165, 1.54) is 0 Å². The number of halogens is 1. The molecule has 0 spiro atoms. The maximum atomic E-state index is 5.78. The minimum absolute atomic E-state index is 0.404. The molecular weight excluding hydrogens is 302 g/mol. The lowest BCUT2D eigenvalue weighted by atomic mass is 10.1. The van der Waals surface area contributed by atoms with Crippen LogP contribution in [0.4, 0.5) is 5.13 Å². The molecule has 1 aromatic rings. The van der Waals surface area contributed by atoms with Crippen LogP contribution in [0.25, 0.3) is 0 Å². The largest absolute Gasteiger partial charge is 0.378 e. The second-order valence-corrected chi connectivity index (χ2v) is 5.80. The fraction of sp³-hybridized carbons (Fsp3) is 0.727. The van der Waals surface area contributed by atoms with E-state index in [1.807, 2.05) is 5.38 Å². The molecule has 1 saturated heterocycles. The van der Waals surface area contributed by atoms with E-state index in [2.05, 4.69) is 25.8 Å². The zero-order valence-electron chi connectivity index (χ0n) is 9.77. The second kappa shape index (κ2) is 6.68. The SMILES string of the molecule is NCCCOC1CCN(c2nc(Br)cs2)CC1. The summed E-state index contributed by atoms with van der Waals surface area (Å²) < 4.78 is 6.71. The molecule has 6 heteroatoms. The van der Waals surface area contributed by atoms with E-state index in [0.29, 0.717) is 12.6 Å². The molecule has 4 nitrogen and oxygen atoms in total. The average molecular weight is 320 g/mol. The van der Waals surface area contributed by atoms with Crippen LogP contribution in [0, 0.1) is 0 Å². The van der Waals surface area contributed by atoms with Gasteiger partial charge in [0, 0.05) is 25.1 Å². The summed E-state index contributed by atoms with van der Waals surface area (Å²) in [6.45, 7) is 3.58. The van der Waals surface area contributed by atoms with Gasteiger partial charge in [-0.05, 0) is 41.7 Å². The monoisotopic (exact) mass is 319 g/mol. The Morgan fingerprint density at radius 2 is 2.29 bits per heavy atom. The Morgan fingerprint density at radius 1 is 1.53 bits per heavy atom. The van der Waals surface area contributed by atoms with E-state index in [-0.39, 0.29) is 0 Å². The standard InChI is InChI=1S/C11H18BrN3OS/c12-10-8-17-11(14-10)15-5-2-9(3-6-15)16-7-1-4-13/h8-9H,1-7,13H2. The number of nitrogens with zero attached hydrogens (tertiary/aromatic N) is 2. The maximum Gasteiger partial charge on any atom is 0.186 e. The molecule has 96 valence electrons. The van der Waals surface area contributed by atoms with Crippen LogP contribution in [0.1, 0.15) is 19.3 Å². The fourth-order valence-electron chi connectivity index (χ4n) is 1.94. The van der Waals surface area contributed by atoms with Gasteiger partial charge < -0.3 is 15.4 Å². The predicted molar refractivity (Wildman–Crippen MR) is 74.7 cm³/mol. The normalized spacial score (nSPS) is 17.6. The minimum Gasteiger partial charge on any atom is -0.378 e. The van der Waals surface area contributed by atoms with Gasteiger partial charge in [-0.15, -0.1) is 11.3 Å². The van der Waals surface area contributed by atoms with Gasteiger partial charge in [0.05, 0.1) is 6.10 Å². The summed E-state index contributed by atoms with van der Waals surface area (Å²) in [5, 5.41) is 3.14. The second-order valence-electron chi connectivity index (χ2n) is 4.15. The number of aromatic nitrogens is 1. The van der Waals surface area contributed by atoms with Crippen molar-refractivity contribution in [2.24, 2.45) is 5.73 Å². The lowest BCUT2D eigenvalue weighted by Crippen LogP contribution is -2.37. The topological polar surface area (TPSA) is 51.4 Å². The fourth-order valence-corrected chi connectivity index (χ4v) is 3.24. The summed E-state index contributed by atoms with van der Waals surface area (Å²) in [6.07, 6.45) is 3.53. The van der Waals surface area contributed by atoms with Crippen LogP contribution >= 0.6 is 27.3 Å². The van der Waals surface area contributed by atoms with Crippen molar-refractivity contribution in [3.8, 4) is 0 Å². The Hall–Kier alpha value is -0.170. The van der Waals surface area contributed by atoms with Crippen LogP contribution in [0.3, 0.4) is 0 Å². The van der Waals surface area contributed by atoms with Gasteiger partial charge in [-0.1, -0.05) is 0 Å². The lowest BCUT2D eigenvalue weighted by Gasteiger charge is -2.31. The first-order valence-electron chi connectivity index (χ1n) is 5.97. The summed E-state index contributed by atoms with van der Waals surface area (Å²) in [6, 6.07) is 0. The first-order chi connectivity index (χ1) is 8.29. The lowest BCUT2D eigenvalue weighted by molar-refractivity contribution is 0.0366. The van der Waals surface area contributed by atoms with Crippen molar-refractivity contribution in [1.29, 1.82) is 0 Å². The Morgan fingerprint density at radius 3 is 2.88 bits per heavy atom. The molecule has 0 aliphatic carbocycles. The summed E-state index contributed by atoms with van der Waals surface area (Å²) in [4.78, 5) is 6.77. The van der Waals surface area contributed by atoms with Crippen LogP contribution in [0.5, 0.6) is 0 Å². The quantitative estimate of drug-likeness (QED) is 0.846. The van der Waals surface area contributed by atoms with E-state index >= 15 is 0 Å². The Labute approximate surface area is 114 Å². The van der Waals surface area contributed by atoms with Crippen LogP contribution in [-0.2, 0) is 4.74 Å². The van der Waals surface area contributed by atoms with Crippen molar-refractivity contribution in [2.45, 2.75) is 25.4 Å². The number of piperidine rings is 1. The van der Waals surface area contributed by atoms with E-state index in [9.17, 15) is 0 Å². The van der Waals surface area contributed by atoms with Crippen molar-refractivity contribution in [2.75, 3.05) is 31.1 Å². The van der Waals surface area contributed by atoms with Crippen molar-refractivity contribution < 1.29 is 4.74 Å². The van der Waals surface area contributed by atoms with E-state index in [1.54, 1.807) is 11.3 Å². The molecule has 2 N–H and O–H groups in total. The predicted octanol–water partition coefficient (Wildman–Crippen LogP) is 2.24. The first-order valence-corrected chi connectivity index (χ1v) is 7.64. The molecule has 2 heterocycles. The van der Waals surface area contributed by atoms with Gasteiger partial charge in [-0.2, -0.15) is 0 Å². The van der Waals surface area contributed by atoms with Crippen LogP contribution in [-0.4, -0.2) is 37.3 Å². The van der Waals surface area contributed by atoms with Crippen molar-refractivity contribution >= 4 is 32.4 Å². The number of rotatable bonds is 5. The number of hydrogen-bond donors (Lipinski definition) is 1. The van der Waals surface area contributed by atoms with Gasteiger partial charge in [-0.25, -0.2) is 4.98 Å². The molecule has 2 rings (SSSR count).